The Hall–Kier alpha value is -5.05. The number of amides is 4. The zero-order valence-corrected chi connectivity index (χ0v) is 20.8. The van der Waals surface area contributed by atoms with E-state index in [1.54, 1.807) is 24.3 Å². The van der Waals surface area contributed by atoms with Crippen molar-refractivity contribution in [2.24, 2.45) is 0 Å². The Labute approximate surface area is 218 Å². The molecule has 4 amide bonds. The summed E-state index contributed by atoms with van der Waals surface area (Å²) >= 11 is 0. The third-order valence-electron chi connectivity index (χ3n) is 6.54. The molecule has 38 heavy (non-hydrogen) atoms. The zero-order valence-electron chi connectivity index (χ0n) is 20.8. The number of nitrogens with one attached hydrogen (secondary N) is 1. The number of imide groups is 2. The lowest BCUT2D eigenvalue weighted by atomic mass is 10.0. The zero-order chi connectivity index (χ0) is 27.0. The van der Waals surface area contributed by atoms with Crippen LogP contribution in [0.2, 0.25) is 0 Å². The monoisotopic (exact) mass is 508 g/mol. The Bertz CT molecular complexity index is 1620. The van der Waals surface area contributed by atoms with Gasteiger partial charge in [-0.25, -0.2) is 9.69 Å². The first-order valence-electron chi connectivity index (χ1n) is 12.1. The van der Waals surface area contributed by atoms with Crippen LogP contribution in [0, 0.1) is 10.1 Å². The largest absolute Gasteiger partial charge is 0.342 e. The van der Waals surface area contributed by atoms with Crippen LogP contribution in [0.25, 0.3) is 17.0 Å². The molecule has 0 bridgehead atoms. The van der Waals surface area contributed by atoms with Gasteiger partial charge in [0.15, 0.2) is 0 Å². The van der Waals surface area contributed by atoms with Gasteiger partial charge in [-0.15, -0.1) is 0 Å². The van der Waals surface area contributed by atoms with E-state index < -0.39 is 22.8 Å². The normalized spacial score (nSPS) is 15.0. The van der Waals surface area contributed by atoms with Crippen LogP contribution in [0.3, 0.4) is 0 Å². The average molecular weight is 509 g/mol. The Kier molecular flexibility index (Phi) is 6.34. The molecule has 190 valence electrons. The molecule has 1 fully saturated rings. The van der Waals surface area contributed by atoms with Gasteiger partial charge in [-0.1, -0.05) is 56.3 Å². The van der Waals surface area contributed by atoms with Crippen LogP contribution >= 0.6 is 0 Å². The molecule has 0 saturated carbocycles. The van der Waals surface area contributed by atoms with Gasteiger partial charge in [-0.2, -0.15) is 0 Å². The van der Waals surface area contributed by atoms with Crippen molar-refractivity contribution in [3.8, 4) is 0 Å². The summed E-state index contributed by atoms with van der Waals surface area (Å²) in [6.07, 6.45) is 3.31. The number of non-ortho nitro benzene ring substituents is 1. The van der Waals surface area contributed by atoms with Gasteiger partial charge >= 0.3 is 6.03 Å². The van der Waals surface area contributed by atoms with Gasteiger partial charge < -0.3 is 4.57 Å². The number of nitrogens with zero attached hydrogens (tertiary/aromatic N) is 3. The van der Waals surface area contributed by atoms with Gasteiger partial charge in [0.1, 0.15) is 5.57 Å². The minimum atomic E-state index is -0.796. The Balaban J connectivity index is 1.51. The fourth-order valence-electron chi connectivity index (χ4n) is 4.50. The van der Waals surface area contributed by atoms with Gasteiger partial charge in [0.2, 0.25) is 0 Å². The van der Waals surface area contributed by atoms with Crippen LogP contribution in [0.4, 0.5) is 16.2 Å². The number of benzene rings is 3. The van der Waals surface area contributed by atoms with Crippen molar-refractivity contribution in [3.63, 3.8) is 0 Å². The third-order valence-corrected chi connectivity index (χ3v) is 6.54. The molecule has 1 saturated heterocycles. The van der Waals surface area contributed by atoms with Crippen LogP contribution in [-0.4, -0.2) is 27.3 Å². The lowest BCUT2D eigenvalue weighted by Gasteiger charge is -2.26. The molecule has 0 aliphatic carbocycles. The molecule has 5 rings (SSSR count). The summed E-state index contributed by atoms with van der Waals surface area (Å²) in [6.45, 7) is 4.52. The van der Waals surface area contributed by atoms with Crippen LogP contribution in [0.1, 0.15) is 36.5 Å². The number of nitro groups is 1. The minimum absolute atomic E-state index is 0.0105. The molecule has 0 unspecified atom stereocenters. The van der Waals surface area contributed by atoms with E-state index in [-0.39, 0.29) is 17.2 Å². The van der Waals surface area contributed by atoms with E-state index in [9.17, 15) is 24.5 Å². The summed E-state index contributed by atoms with van der Waals surface area (Å²) in [7, 11) is 0. The van der Waals surface area contributed by atoms with E-state index in [1.165, 1.54) is 18.2 Å². The van der Waals surface area contributed by atoms with Gasteiger partial charge in [-0.05, 0) is 41.3 Å². The topological polar surface area (TPSA) is 115 Å². The molecule has 9 nitrogen and oxygen atoms in total. The molecule has 3 aromatic carbocycles. The van der Waals surface area contributed by atoms with E-state index >= 15 is 0 Å². The molecule has 0 spiro atoms. The van der Waals surface area contributed by atoms with E-state index in [2.05, 4.69) is 5.32 Å². The maximum Gasteiger partial charge on any atom is 0.335 e. The fraction of sp³-hybridized carbons (Fsp3) is 0.138. The van der Waals surface area contributed by atoms with Crippen LogP contribution < -0.4 is 10.2 Å². The highest BCUT2D eigenvalue weighted by molar-refractivity contribution is 6.39. The minimum Gasteiger partial charge on any atom is -0.342 e. The summed E-state index contributed by atoms with van der Waals surface area (Å²) in [5.41, 5.74) is 3.63. The Morgan fingerprint density at radius 3 is 2.29 bits per heavy atom. The highest BCUT2D eigenvalue weighted by atomic mass is 16.6. The second kappa shape index (κ2) is 9.78. The molecular formula is C29H24N4O5. The molecule has 1 N–H and O–H groups in total. The molecule has 0 radical (unpaired) electrons. The number of aromatic nitrogens is 1. The van der Waals surface area contributed by atoms with Crippen LogP contribution in [0.5, 0.6) is 0 Å². The van der Waals surface area contributed by atoms with Gasteiger partial charge in [-0.3, -0.25) is 25.0 Å². The predicted octanol–water partition coefficient (Wildman–Crippen LogP) is 5.39. The first-order valence-corrected chi connectivity index (χ1v) is 12.1. The molecule has 9 heteroatoms. The molecule has 1 aromatic heterocycles. The van der Waals surface area contributed by atoms with Crippen molar-refractivity contribution in [1.82, 2.24) is 9.88 Å². The molecule has 4 aromatic rings. The maximum absolute atomic E-state index is 13.4. The number of hydrogen-bond acceptors (Lipinski definition) is 5. The van der Waals surface area contributed by atoms with Crippen molar-refractivity contribution in [3.05, 3.63) is 111 Å². The second-order valence-electron chi connectivity index (χ2n) is 9.36. The molecule has 2 heterocycles. The first-order chi connectivity index (χ1) is 18.2. The van der Waals surface area contributed by atoms with Crippen LogP contribution in [-0.2, 0) is 16.1 Å². The van der Waals surface area contributed by atoms with E-state index in [0.717, 1.165) is 26.9 Å². The molecule has 0 atom stereocenters. The number of barbiturate groups is 1. The number of para-hydroxylation sites is 1. The summed E-state index contributed by atoms with van der Waals surface area (Å²) in [6, 6.07) is 20.1. The Morgan fingerprint density at radius 1 is 0.947 bits per heavy atom. The Morgan fingerprint density at radius 2 is 1.63 bits per heavy atom. The smallest absolute Gasteiger partial charge is 0.335 e. The van der Waals surface area contributed by atoms with Crippen molar-refractivity contribution in [1.29, 1.82) is 0 Å². The SMILES string of the molecule is CC(C)c1ccc(N2C(=O)NC(=O)/C(=C/c3cn(Cc4ccc([N+](=O)[O-])cc4)c4ccccc34)C2=O)cc1. The summed E-state index contributed by atoms with van der Waals surface area (Å²) in [4.78, 5) is 50.3. The van der Waals surface area contributed by atoms with Crippen molar-refractivity contribution >= 4 is 46.2 Å². The molecule has 1 aliphatic heterocycles. The number of rotatable bonds is 6. The number of nitro benzene ring substituents is 1. The molecular weight excluding hydrogens is 484 g/mol. The lowest BCUT2D eigenvalue weighted by Crippen LogP contribution is -2.54. The summed E-state index contributed by atoms with van der Waals surface area (Å²) in [5.74, 6) is -1.18. The number of anilines is 1. The summed E-state index contributed by atoms with van der Waals surface area (Å²) in [5, 5.41) is 14.1. The lowest BCUT2D eigenvalue weighted by molar-refractivity contribution is -0.384. The average Bonchev–Trinajstić information content (AvgIpc) is 3.24. The highest BCUT2D eigenvalue weighted by Crippen LogP contribution is 2.28. The number of fused-ring (bicyclic) bond motifs is 1. The highest BCUT2D eigenvalue weighted by Gasteiger charge is 2.37. The summed E-state index contributed by atoms with van der Waals surface area (Å²) < 4.78 is 1.95. The second-order valence-corrected chi connectivity index (χ2v) is 9.36. The predicted molar refractivity (Wildman–Crippen MR) is 144 cm³/mol. The fourth-order valence-corrected chi connectivity index (χ4v) is 4.50. The molecule has 1 aliphatic rings. The van der Waals surface area contributed by atoms with Gasteiger partial charge in [0, 0.05) is 41.3 Å². The van der Waals surface area contributed by atoms with E-state index in [0.29, 0.717) is 17.8 Å². The van der Waals surface area contributed by atoms with Crippen molar-refractivity contribution < 1.29 is 19.3 Å². The van der Waals surface area contributed by atoms with E-state index in [4.69, 9.17) is 0 Å². The number of carbonyl (C=O) groups is 3. The standard InChI is InChI=1S/C29H24N4O5/c1-18(2)20-9-13-22(14-10-20)32-28(35)25(27(34)30-29(32)36)15-21-17-31(26-6-4-3-5-24(21)26)16-19-7-11-23(12-8-19)33(37)38/h3-15,17-18H,16H2,1-2H3,(H,30,34,36)/b25-15-. The third kappa shape index (κ3) is 4.57. The first kappa shape index (κ1) is 24.6. The number of carbonyl (C=O) groups excluding carboxylic acids is 3. The quantitative estimate of drug-likeness (QED) is 0.162. The number of hydrogen-bond donors (Lipinski definition) is 1. The van der Waals surface area contributed by atoms with Gasteiger partial charge in [0.05, 0.1) is 10.6 Å². The van der Waals surface area contributed by atoms with Crippen molar-refractivity contribution in [2.45, 2.75) is 26.3 Å². The van der Waals surface area contributed by atoms with Crippen molar-refractivity contribution in [2.75, 3.05) is 4.90 Å². The van der Waals surface area contributed by atoms with Gasteiger partial charge in [0.25, 0.3) is 17.5 Å². The van der Waals surface area contributed by atoms with E-state index in [1.807, 2.05) is 61.0 Å². The van der Waals surface area contributed by atoms with Crippen LogP contribution in [0.15, 0.2) is 84.6 Å². The maximum atomic E-state index is 13.4. The number of urea groups is 1.